The Balaban J connectivity index is 2.78. The molecule has 0 spiro atoms. The molecule has 0 aliphatic carbocycles. The zero-order valence-electron chi connectivity index (χ0n) is 9.84. The number of rotatable bonds is 5. The molecule has 0 heterocycles. The van der Waals surface area contributed by atoms with Crippen molar-refractivity contribution in [3.8, 4) is 0 Å². The number of nitrogens with two attached hydrogens (primary N) is 1. The molecular formula is C12H19N3O. The first-order valence-corrected chi connectivity index (χ1v) is 5.45. The molecule has 1 rings (SSSR count). The number of aryl methyl sites for hydroxylation is 1. The van der Waals surface area contributed by atoms with E-state index in [2.05, 4.69) is 10.6 Å². The summed E-state index contributed by atoms with van der Waals surface area (Å²) in [6.07, 6.45) is 0.920. The van der Waals surface area contributed by atoms with E-state index in [1.165, 1.54) is 0 Å². The Hall–Kier alpha value is -1.55. The smallest absolute Gasteiger partial charge is 0.251 e. The van der Waals surface area contributed by atoms with E-state index in [9.17, 15) is 4.79 Å². The fraction of sp³-hybridized carbons (Fsp3) is 0.417. The van der Waals surface area contributed by atoms with Crippen molar-refractivity contribution >= 4 is 11.6 Å². The van der Waals surface area contributed by atoms with E-state index in [0.29, 0.717) is 12.1 Å². The van der Waals surface area contributed by atoms with Crippen molar-refractivity contribution in [2.75, 3.05) is 25.5 Å². The summed E-state index contributed by atoms with van der Waals surface area (Å²) in [5, 5.41) is 5.88. The minimum absolute atomic E-state index is 0.0677. The molecule has 0 unspecified atom stereocenters. The van der Waals surface area contributed by atoms with Crippen LogP contribution in [-0.2, 0) is 0 Å². The monoisotopic (exact) mass is 221 g/mol. The molecule has 0 saturated carbocycles. The number of anilines is 1. The molecule has 16 heavy (non-hydrogen) atoms. The van der Waals surface area contributed by atoms with E-state index in [1.807, 2.05) is 25.1 Å². The second-order valence-corrected chi connectivity index (χ2v) is 3.68. The van der Waals surface area contributed by atoms with Gasteiger partial charge in [-0.1, -0.05) is 6.07 Å². The Kier molecular flexibility index (Phi) is 4.79. The molecule has 0 bridgehead atoms. The minimum Gasteiger partial charge on any atom is -0.385 e. The van der Waals surface area contributed by atoms with Crippen LogP contribution in [0.25, 0.3) is 0 Å². The highest BCUT2D eigenvalue weighted by atomic mass is 16.1. The Labute approximate surface area is 96.2 Å². The van der Waals surface area contributed by atoms with Crippen LogP contribution in [-0.4, -0.2) is 26.0 Å². The predicted octanol–water partition coefficient (Wildman–Crippen LogP) is 1.12. The van der Waals surface area contributed by atoms with Gasteiger partial charge in [-0.25, -0.2) is 0 Å². The van der Waals surface area contributed by atoms with Crippen LogP contribution in [0.15, 0.2) is 18.2 Å². The van der Waals surface area contributed by atoms with E-state index in [-0.39, 0.29) is 5.91 Å². The van der Waals surface area contributed by atoms with Crippen molar-refractivity contribution in [2.24, 2.45) is 5.73 Å². The van der Waals surface area contributed by atoms with E-state index in [4.69, 9.17) is 5.73 Å². The molecule has 4 N–H and O–H groups in total. The van der Waals surface area contributed by atoms with Crippen molar-refractivity contribution in [3.05, 3.63) is 29.3 Å². The van der Waals surface area contributed by atoms with Gasteiger partial charge >= 0.3 is 0 Å². The Bertz CT molecular complexity index is 363. The summed E-state index contributed by atoms with van der Waals surface area (Å²) >= 11 is 0. The molecule has 1 amide bonds. The summed E-state index contributed by atoms with van der Waals surface area (Å²) in [6.45, 7) is 3.51. The van der Waals surface area contributed by atoms with Gasteiger partial charge in [-0.05, 0) is 37.6 Å². The molecule has 4 nitrogen and oxygen atoms in total. The Morgan fingerprint density at radius 2 is 2.19 bits per heavy atom. The fourth-order valence-electron chi connectivity index (χ4n) is 1.42. The van der Waals surface area contributed by atoms with Gasteiger partial charge in [-0.3, -0.25) is 4.79 Å². The maximum atomic E-state index is 11.4. The Morgan fingerprint density at radius 3 is 2.81 bits per heavy atom. The van der Waals surface area contributed by atoms with Gasteiger partial charge in [0.2, 0.25) is 0 Å². The lowest BCUT2D eigenvalue weighted by Gasteiger charge is -2.10. The SMILES string of the molecule is CNC(=O)c1ccc(C)c(NCCCN)c1. The molecular weight excluding hydrogens is 202 g/mol. The first kappa shape index (κ1) is 12.5. The van der Waals surface area contributed by atoms with Crippen LogP contribution in [0.3, 0.4) is 0 Å². The summed E-state index contributed by atoms with van der Waals surface area (Å²) in [5.74, 6) is -0.0677. The van der Waals surface area contributed by atoms with Gasteiger partial charge in [0, 0.05) is 24.8 Å². The summed E-state index contributed by atoms with van der Waals surface area (Å²) in [5.41, 5.74) is 8.22. The highest BCUT2D eigenvalue weighted by molar-refractivity contribution is 5.95. The van der Waals surface area contributed by atoms with Crippen LogP contribution in [0.1, 0.15) is 22.3 Å². The average Bonchev–Trinajstić information content (AvgIpc) is 2.31. The zero-order valence-corrected chi connectivity index (χ0v) is 9.84. The third-order valence-electron chi connectivity index (χ3n) is 2.42. The standard InChI is InChI=1S/C12H19N3O/c1-9-4-5-10(12(16)14-2)8-11(9)15-7-3-6-13/h4-5,8,15H,3,6-7,13H2,1-2H3,(H,14,16). The molecule has 0 saturated heterocycles. The fourth-order valence-corrected chi connectivity index (χ4v) is 1.42. The molecule has 88 valence electrons. The summed E-state index contributed by atoms with van der Waals surface area (Å²) < 4.78 is 0. The summed E-state index contributed by atoms with van der Waals surface area (Å²) in [7, 11) is 1.63. The minimum atomic E-state index is -0.0677. The molecule has 0 radical (unpaired) electrons. The van der Waals surface area contributed by atoms with Crippen molar-refractivity contribution < 1.29 is 4.79 Å². The van der Waals surface area contributed by atoms with Crippen molar-refractivity contribution in [1.29, 1.82) is 0 Å². The third kappa shape index (κ3) is 3.24. The first-order chi connectivity index (χ1) is 7.69. The second-order valence-electron chi connectivity index (χ2n) is 3.68. The molecule has 0 aliphatic rings. The first-order valence-electron chi connectivity index (χ1n) is 5.45. The maximum Gasteiger partial charge on any atom is 0.251 e. The largest absolute Gasteiger partial charge is 0.385 e. The molecule has 0 atom stereocenters. The molecule has 4 heteroatoms. The number of hydrogen-bond acceptors (Lipinski definition) is 3. The number of carbonyl (C=O) groups excluding carboxylic acids is 1. The quantitative estimate of drug-likeness (QED) is 0.653. The molecule has 1 aromatic rings. The van der Waals surface area contributed by atoms with Crippen molar-refractivity contribution in [3.63, 3.8) is 0 Å². The second kappa shape index (κ2) is 6.12. The average molecular weight is 221 g/mol. The van der Waals surface area contributed by atoms with Crippen LogP contribution in [0.2, 0.25) is 0 Å². The number of hydrogen-bond donors (Lipinski definition) is 3. The van der Waals surface area contributed by atoms with Gasteiger partial charge in [0.15, 0.2) is 0 Å². The number of benzene rings is 1. The van der Waals surface area contributed by atoms with E-state index in [1.54, 1.807) is 7.05 Å². The van der Waals surface area contributed by atoms with Crippen molar-refractivity contribution in [2.45, 2.75) is 13.3 Å². The molecule has 0 fully saturated rings. The number of amides is 1. The van der Waals surface area contributed by atoms with Gasteiger partial charge in [0.1, 0.15) is 0 Å². The van der Waals surface area contributed by atoms with Gasteiger partial charge in [0.05, 0.1) is 0 Å². The Morgan fingerprint density at radius 1 is 1.44 bits per heavy atom. The van der Waals surface area contributed by atoms with E-state index in [0.717, 1.165) is 24.2 Å². The van der Waals surface area contributed by atoms with E-state index < -0.39 is 0 Å². The van der Waals surface area contributed by atoms with Crippen LogP contribution in [0, 0.1) is 6.92 Å². The third-order valence-corrected chi connectivity index (χ3v) is 2.42. The van der Waals surface area contributed by atoms with Crippen LogP contribution < -0.4 is 16.4 Å². The van der Waals surface area contributed by atoms with Crippen LogP contribution >= 0.6 is 0 Å². The molecule has 0 aromatic heterocycles. The topological polar surface area (TPSA) is 67.2 Å². The number of carbonyl (C=O) groups is 1. The van der Waals surface area contributed by atoms with Gasteiger partial charge in [-0.15, -0.1) is 0 Å². The maximum absolute atomic E-state index is 11.4. The van der Waals surface area contributed by atoms with Gasteiger partial charge in [0.25, 0.3) is 5.91 Å². The van der Waals surface area contributed by atoms with Crippen molar-refractivity contribution in [1.82, 2.24) is 5.32 Å². The van der Waals surface area contributed by atoms with Gasteiger partial charge in [-0.2, -0.15) is 0 Å². The summed E-state index contributed by atoms with van der Waals surface area (Å²) in [4.78, 5) is 11.4. The lowest BCUT2D eigenvalue weighted by molar-refractivity contribution is 0.0963. The highest BCUT2D eigenvalue weighted by Gasteiger charge is 2.05. The van der Waals surface area contributed by atoms with Crippen LogP contribution in [0.5, 0.6) is 0 Å². The zero-order chi connectivity index (χ0) is 12.0. The highest BCUT2D eigenvalue weighted by Crippen LogP contribution is 2.16. The number of nitrogens with one attached hydrogen (secondary N) is 2. The van der Waals surface area contributed by atoms with E-state index >= 15 is 0 Å². The van der Waals surface area contributed by atoms with Gasteiger partial charge < -0.3 is 16.4 Å². The summed E-state index contributed by atoms with van der Waals surface area (Å²) in [6, 6.07) is 5.63. The molecule has 1 aromatic carbocycles. The normalized spacial score (nSPS) is 9.94. The predicted molar refractivity (Wildman–Crippen MR) is 66.7 cm³/mol. The lowest BCUT2D eigenvalue weighted by Crippen LogP contribution is -2.18. The molecule has 0 aliphatic heterocycles. The van der Waals surface area contributed by atoms with Crippen LogP contribution in [0.4, 0.5) is 5.69 Å². The lowest BCUT2D eigenvalue weighted by atomic mass is 10.1.